The third-order valence-electron chi connectivity index (χ3n) is 1.83. The summed E-state index contributed by atoms with van der Waals surface area (Å²) < 4.78 is 49.7. The minimum absolute atomic E-state index is 0.384. The van der Waals surface area contributed by atoms with Crippen LogP contribution in [0.3, 0.4) is 0 Å². The number of hydrogen-bond donors (Lipinski definition) is 1. The Morgan fingerprint density at radius 1 is 1.56 bits per heavy atom. The second-order valence-electron chi connectivity index (χ2n) is 3.11. The van der Waals surface area contributed by atoms with E-state index < -0.39 is 24.5 Å². The predicted molar refractivity (Wildman–Crippen MR) is 48.9 cm³/mol. The third-order valence-corrected chi connectivity index (χ3v) is 1.83. The van der Waals surface area contributed by atoms with Gasteiger partial charge in [-0.1, -0.05) is 0 Å². The number of aromatic nitrogens is 2. The maximum absolute atomic E-state index is 12.5. The lowest BCUT2D eigenvalue weighted by Crippen LogP contribution is -2.36. The van der Waals surface area contributed by atoms with E-state index in [1.165, 1.54) is 19.4 Å². The van der Waals surface area contributed by atoms with E-state index in [-0.39, 0.29) is 5.82 Å². The molecule has 0 amide bonds. The normalized spacial score (nSPS) is 11.9. The van der Waals surface area contributed by atoms with Gasteiger partial charge >= 0.3 is 12.3 Å². The molecule has 1 N–H and O–H groups in total. The van der Waals surface area contributed by atoms with E-state index in [4.69, 9.17) is 0 Å². The molecule has 90 valence electrons. The van der Waals surface area contributed by atoms with Crippen molar-refractivity contribution < 1.29 is 17.6 Å². The zero-order valence-electron chi connectivity index (χ0n) is 8.25. The van der Waals surface area contributed by atoms with Gasteiger partial charge in [0.1, 0.15) is 0 Å². The Labute approximate surface area is 87.9 Å². The zero-order valence-corrected chi connectivity index (χ0v) is 8.25. The molecule has 1 aromatic heterocycles. The molecule has 0 unspecified atom stereocenters. The predicted octanol–water partition coefficient (Wildman–Crippen LogP) is 1.09. The lowest BCUT2D eigenvalue weighted by atomic mass is 10.3. The van der Waals surface area contributed by atoms with Crippen LogP contribution in [0.1, 0.15) is 0 Å². The highest BCUT2D eigenvalue weighted by molar-refractivity contribution is 5.31. The van der Waals surface area contributed by atoms with Crippen molar-refractivity contribution in [3.63, 3.8) is 0 Å². The van der Waals surface area contributed by atoms with Crippen LogP contribution in [0, 0.1) is 0 Å². The fraction of sp³-hybridized carbons (Fsp3) is 0.500. The van der Waals surface area contributed by atoms with Crippen molar-refractivity contribution in [3.8, 4) is 0 Å². The van der Waals surface area contributed by atoms with E-state index in [9.17, 15) is 22.4 Å². The van der Waals surface area contributed by atoms with Crippen LogP contribution in [0.4, 0.5) is 23.4 Å². The summed E-state index contributed by atoms with van der Waals surface area (Å²) in [4.78, 5) is 14.7. The molecule has 0 bridgehead atoms. The molecule has 0 saturated carbocycles. The molecule has 0 radical (unpaired) electrons. The highest BCUT2D eigenvalue weighted by atomic mass is 19.3. The van der Waals surface area contributed by atoms with E-state index in [0.717, 1.165) is 4.57 Å². The van der Waals surface area contributed by atoms with Gasteiger partial charge in [0.05, 0.1) is 6.54 Å². The summed E-state index contributed by atoms with van der Waals surface area (Å²) in [6.07, 6.45) is -1.27. The van der Waals surface area contributed by atoms with Gasteiger partial charge in [-0.05, 0) is 0 Å². The lowest BCUT2D eigenvalue weighted by Gasteiger charge is -2.15. The Kier molecular flexibility index (Phi) is 3.51. The SMILES string of the molecule is Cn1ccnc(NCC(F)(F)C(F)F)c1=O. The van der Waals surface area contributed by atoms with E-state index in [1.54, 1.807) is 0 Å². The van der Waals surface area contributed by atoms with Crippen LogP contribution in [0.15, 0.2) is 17.2 Å². The molecule has 1 heterocycles. The molecular formula is C8H9F4N3O. The second kappa shape index (κ2) is 4.50. The first-order chi connectivity index (χ1) is 7.34. The molecule has 0 aliphatic heterocycles. The summed E-state index contributed by atoms with van der Waals surface area (Å²) in [5, 5.41) is 1.90. The fourth-order valence-corrected chi connectivity index (χ4v) is 0.898. The average molecular weight is 239 g/mol. The van der Waals surface area contributed by atoms with Crippen molar-refractivity contribution in [2.24, 2.45) is 7.05 Å². The van der Waals surface area contributed by atoms with Crippen molar-refractivity contribution in [1.82, 2.24) is 9.55 Å². The van der Waals surface area contributed by atoms with Gasteiger partial charge in [0.15, 0.2) is 5.82 Å². The first-order valence-corrected chi connectivity index (χ1v) is 4.26. The van der Waals surface area contributed by atoms with Crippen molar-refractivity contribution in [1.29, 1.82) is 0 Å². The van der Waals surface area contributed by atoms with Crippen LogP contribution in [0.5, 0.6) is 0 Å². The Bertz CT molecular complexity index is 418. The van der Waals surface area contributed by atoms with Crippen LogP contribution < -0.4 is 10.9 Å². The zero-order chi connectivity index (χ0) is 12.3. The fourth-order valence-electron chi connectivity index (χ4n) is 0.898. The molecule has 0 fully saturated rings. The van der Waals surface area contributed by atoms with Gasteiger partial charge in [-0.15, -0.1) is 0 Å². The Morgan fingerprint density at radius 3 is 2.75 bits per heavy atom. The van der Waals surface area contributed by atoms with Crippen molar-refractivity contribution in [2.75, 3.05) is 11.9 Å². The summed E-state index contributed by atoms with van der Waals surface area (Å²) in [6, 6.07) is 0. The quantitative estimate of drug-likeness (QED) is 0.800. The molecule has 1 rings (SSSR count). The molecule has 1 aromatic rings. The molecule has 0 aliphatic carbocycles. The molecular weight excluding hydrogens is 230 g/mol. The third kappa shape index (κ3) is 2.71. The number of aryl methyl sites for hydroxylation is 1. The van der Waals surface area contributed by atoms with Crippen LogP contribution in [-0.4, -0.2) is 28.4 Å². The van der Waals surface area contributed by atoms with Gasteiger partial charge in [-0.3, -0.25) is 4.79 Å². The Hall–Kier alpha value is -1.60. The number of nitrogens with one attached hydrogen (secondary N) is 1. The monoisotopic (exact) mass is 239 g/mol. The first kappa shape index (κ1) is 12.5. The summed E-state index contributed by atoms with van der Waals surface area (Å²) in [6.45, 7) is -1.34. The standard InChI is InChI=1S/C8H9F4N3O/c1-15-3-2-13-5(6(15)16)14-4-8(11,12)7(9)10/h2-3,7H,4H2,1H3,(H,13,14). The maximum Gasteiger partial charge on any atom is 0.324 e. The lowest BCUT2D eigenvalue weighted by molar-refractivity contribution is -0.117. The molecule has 0 aliphatic rings. The smallest absolute Gasteiger partial charge is 0.324 e. The number of anilines is 1. The minimum atomic E-state index is -4.19. The van der Waals surface area contributed by atoms with Crippen molar-refractivity contribution in [3.05, 3.63) is 22.7 Å². The molecule has 16 heavy (non-hydrogen) atoms. The van der Waals surface area contributed by atoms with E-state index in [0.29, 0.717) is 0 Å². The number of alkyl halides is 4. The number of nitrogens with zero attached hydrogens (tertiary/aromatic N) is 2. The molecule has 4 nitrogen and oxygen atoms in total. The second-order valence-corrected chi connectivity index (χ2v) is 3.11. The van der Waals surface area contributed by atoms with E-state index in [2.05, 4.69) is 4.98 Å². The van der Waals surface area contributed by atoms with Gasteiger partial charge < -0.3 is 9.88 Å². The summed E-state index contributed by atoms with van der Waals surface area (Å²) in [5.74, 6) is -4.58. The first-order valence-electron chi connectivity index (χ1n) is 4.26. The number of halogens is 4. The summed E-state index contributed by atoms with van der Waals surface area (Å²) in [5.41, 5.74) is -0.660. The van der Waals surface area contributed by atoms with Crippen LogP contribution >= 0.6 is 0 Å². The molecule has 0 spiro atoms. The largest absolute Gasteiger partial charge is 0.359 e. The van der Waals surface area contributed by atoms with Crippen LogP contribution in [-0.2, 0) is 7.05 Å². The van der Waals surface area contributed by atoms with E-state index >= 15 is 0 Å². The van der Waals surface area contributed by atoms with Crippen LogP contribution in [0.2, 0.25) is 0 Å². The minimum Gasteiger partial charge on any atom is -0.359 e. The number of hydrogen-bond acceptors (Lipinski definition) is 3. The Balaban J connectivity index is 2.76. The van der Waals surface area contributed by atoms with E-state index in [1.807, 2.05) is 5.32 Å². The van der Waals surface area contributed by atoms with Gasteiger partial charge in [-0.25, -0.2) is 13.8 Å². The summed E-state index contributed by atoms with van der Waals surface area (Å²) >= 11 is 0. The number of rotatable bonds is 4. The Morgan fingerprint density at radius 2 is 2.19 bits per heavy atom. The average Bonchev–Trinajstić information content (AvgIpc) is 2.20. The van der Waals surface area contributed by atoms with Gasteiger partial charge in [0.2, 0.25) is 0 Å². The summed E-state index contributed by atoms with van der Waals surface area (Å²) in [7, 11) is 1.39. The van der Waals surface area contributed by atoms with Gasteiger partial charge in [-0.2, -0.15) is 8.78 Å². The molecule has 8 heteroatoms. The maximum atomic E-state index is 12.5. The van der Waals surface area contributed by atoms with Gasteiger partial charge in [0, 0.05) is 19.4 Å². The highest BCUT2D eigenvalue weighted by Gasteiger charge is 2.40. The highest BCUT2D eigenvalue weighted by Crippen LogP contribution is 2.22. The molecule has 0 saturated heterocycles. The molecule has 0 atom stereocenters. The molecule has 0 aromatic carbocycles. The topological polar surface area (TPSA) is 46.9 Å². The van der Waals surface area contributed by atoms with Gasteiger partial charge in [0.25, 0.3) is 5.56 Å². The van der Waals surface area contributed by atoms with Crippen LogP contribution in [0.25, 0.3) is 0 Å². The van der Waals surface area contributed by atoms with Crippen molar-refractivity contribution >= 4 is 5.82 Å². The van der Waals surface area contributed by atoms with Crippen molar-refractivity contribution in [2.45, 2.75) is 12.3 Å².